The monoisotopic (exact) mass is 218 g/mol. The number of nitrogens with one attached hydrogen (secondary N) is 1. The van der Waals surface area contributed by atoms with Gasteiger partial charge in [-0.05, 0) is 14.0 Å². The number of hydrogen-bond acceptors (Lipinski definition) is 5. The van der Waals surface area contributed by atoms with Gasteiger partial charge in [-0.3, -0.25) is 0 Å². The van der Waals surface area contributed by atoms with Gasteiger partial charge in [0.15, 0.2) is 0 Å². The quantitative estimate of drug-likeness (QED) is 0.727. The van der Waals surface area contributed by atoms with Crippen LogP contribution in [0.25, 0.3) is 0 Å². The minimum absolute atomic E-state index is 0.161. The Bertz CT molecular complexity index is 248. The molecule has 0 fully saturated rings. The average molecular weight is 218 g/mol. The lowest BCUT2D eigenvalue weighted by Crippen LogP contribution is -2.31. The van der Waals surface area contributed by atoms with E-state index in [2.05, 4.69) is 10.3 Å². The molecular weight excluding hydrogens is 204 g/mol. The van der Waals surface area contributed by atoms with Crippen LogP contribution in [-0.4, -0.2) is 35.5 Å². The first kappa shape index (κ1) is 11.0. The van der Waals surface area contributed by atoms with Gasteiger partial charge >= 0.3 is 0 Å². The van der Waals surface area contributed by atoms with Crippen molar-refractivity contribution >= 4 is 23.1 Å². The number of thiazole rings is 1. The first-order valence-electron chi connectivity index (χ1n) is 4.09. The molecule has 1 aromatic rings. The standard InChI is InChI=1S/C8H14N2OS2/c1-6-4-12-8(10-6)13-5-7(3-11)9-2/h4,7,9,11H,3,5H2,1-2H3. The summed E-state index contributed by atoms with van der Waals surface area (Å²) in [5.41, 5.74) is 1.07. The molecule has 0 saturated carbocycles. The number of aliphatic hydroxyl groups is 1. The molecule has 2 N–H and O–H groups in total. The Morgan fingerprint density at radius 1 is 1.77 bits per heavy atom. The zero-order valence-electron chi connectivity index (χ0n) is 7.78. The molecule has 0 aromatic carbocycles. The molecular formula is C8H14N2OS2. The lowest BCUT2D eigenvalue weighted by Gasteiger charge is -2.10. The third-order valence-electron chi connectivity index (χ3n) is 1.63. The van der Waals surface area contributed by atoms with E-state index in [9.17, 15) is 0 Å². The summed E-state index contributed by atoms with van der Waals surface area (Å²) in [6, 6.07) is 0.161. The van der Waals surface area contributed by atoms with Gasteiger partial charge in [-0.2, -0.15) is 0 Å². The number of thioether (sulfide) groups is 1. The number of rotatable bonds is 5. The molecule has 0 amide bonds. The van der Waals surface area contributed by atoms with Crippen molar-refractivity contribution in [3.63, 3.8) is 0 Å². The summed E-state index contributed by atoms with van der Waals surface area (Å²) in [6.45, 7) is 2.16. The van der Waals surface area contributed by atoms with Crippen molar-refractivity contribution in [3.05, 3.63) is 11.1 Å². The molecule has 1 unspecified atom stereocenters. The van der Waals surface area contributed by atoms with Crippen LogP contribution in [0.2, 0.25) is 0 Å². The Hall–Kier alpha value is -0.100. The molecule has 0 aliphatic heterocycles. The third kappa shape index (κ3) is 3.64. The summed E-state index contributed by atoms with van der Waals surface area (Å²) < 4.78 is 1.08. The Kier molecular flexibility index (Phi) is 4.72. The smallest absolute Gasteiger partial charge is 0.150 e. The molecule has 1 rings (SSSR count). The van der Waals surface area contributed by atoms with Gasteiger partial charge in [-0.1, -0.05) is 11.8 Å². The minimum atomic E-state index is 0.161. The Balaban J connectivity index is 2.33. The van der Waals surface area contributed by atoms with Crippen LogP contribution in [0.1, 0.15) is 5.69 Å². The third-order valence-corrected chi connectivity index (χ3v) is 3.94. The highest BCUT2D eigenvalue weighted by atomic mass is 32.2. The molecule has 13 heavy (non-hydrogen) atoms. The fourth-order valence-electron chi connectivity index (χ4n) is 0.798. The van der Waals surface area contributed by atoms with Gasteiger partial charge in [-0.15, -0.1) is 11.3 Å². The number of aliphatic hydroxyl groups excluding tert-OH is 1. The largest absolute Gasteiger partial charge is 0.395 e. The van der Waals surface area contributed by atoms with Crippen LogP contribution in [-0.2, 0) is 0 Å². The van der Waals surface area contributed by atoms with Gasteiger partial charge in [-0.25, -0.2) is 4.98 Å². The number of hydrogen-bond donors (Lipinski definition) is 2. The average Bonchev–Trinajstić information content (AvgIpc) is 2.53. The van der Waals surface area contributed by atoms with Crippen molar-refractivity contribution in [2.24, 2.45) is 0 Å². The number of nitrogens with zero attached hydrogens (tertiary/aromatic N) is 1. The Morgan fingerprint density at radius 3 is 3.00 bits per heavy atom. The second kappa shape index (κ2) is 5.59. The molecule has 5 heteroatoms. The summed E-state index contributed by atoms with van der Waals surface area (Å²) in [5.74, 6) is 0.861. The molecule has 1 heterocycles. The SMILES string of the molecule is CNC(CO)CSc1nc(C)cs1. The normalized spacial score (nSPS) is 13.2. The lowest BCUT2D eigenvalue weighted by molar-refractivity contribution is 0.260. The van der Waals surface area contributed by atoms with Gasteiger partial charge in [0.05, 0.1) is 6.61 Å². The second-order valence-corrected chi connectivity index (χ2v) is 4.86. The fraction of sp³-hybridized carbons (Fsp3) is 0.625. The van der Waals surface area contributed by atoms with E-state index in [0.29, 0.717) is 0 Å². The highest BCUT2D eigenvalue weighted by Gasteiger charge is 2.06. The van der Waals surface area contributed by atoms with Crippen LogP contribution in [0.3, 0.4) is 0 Å². The van der Waals surface area contributed by atoms with Gasteiger partial charge in [0.1, 0.15) is 4.34 Å². The predicted molar refractivity (Wildman–Crippen MR) is 57.5 cm³/mol. The van der Waals surface area contributed by atoms with E-state index >= 15 is 0 Å². The van der Waals surface area contributed by atoms with Crippen molar-refractivity contribution in [2.75, 3.05) is 19.4 Å². The second-order valence-electron chi connectivity index (χ2n) is 2.73. The highest BCUT2D eigenvalue weighted by molar-refractivity contribution is 8.01. The Morgan fingerprint density at radius 2 is 2.54 bits per heavy atom. The fourth-order valence-corrected chi connectivity index (χ4v) is 2.76. The van der Waals surface area contributed by atoms with E-state index < -0.39 is 0 Å². The topological polar surface area (TPSA) is 45.1 Å². The van der Waals surface area contributed by atoms with E-state index in [1.54, 1.807) is 23.1 Å². The van der Waals surface area contributed by atoms with E-state index in [4.69, 9.17) is 5.11 Å². The van der Waals surface area contributed by atoms with E-state index in [0.717, 1.165) is 15.8 Å². The molecule has 0 radical (unpaired) electrons. The molecule has 0 bridgehead atoms. The molecule has 74 valence electrons. The Labute approximate surface area is 86.6 Å². The number of likely N-dealkylation sites (N-methyl/N-ethyl adjacent to an activating group) is 1. The zero-order chi connectivity index (χ0) is 9.68. The van der Waals surface area contributed by atoms with E-state index in [1.807, 2.05) is 19.4 Å². The van der Waals surface area contributed by atoms with Crippen molar-refractivity contribution in [1.29, 1.82) is 0 Å². The zero-order valence-corrected chi connectivity index (χ0v) is 9.41. The van der Waals surface area contributed by atoms with Crippen LogP contribution < -0.4 is 5.32 Å². The van der Waals surface area contributed by atoms with Gasteiger partial charge in [0, 0.05) is 22.9 Å². The number of aryl methyl sites for hydroxylation is 1. The molecule has 3 nitrogen and oxygen atoms in total. The van der Waals surface area contributed by atoms with Crippen molar-refractivity contribution in [1.82, 2.24) is 10.3 Å². The summed E-state index contributed by atoms with van der Waals surface area (Å²) in [7, 11) is 1.86. The first-order valence-corrected chi connectivity index (χ1v) is 5.96. The molecule has 0 saturated heterocycles. The minimum Gasteiger partial charge on any atom is -0.395 e. The van der Waals surface area contributed by atoms with Gasteiger partial charge in [0.25, 0.3) is 0 Å². The summed E-state index contributed by atoms with van der Waals surface area (Å²) in [5, 5.41) is 14.0. The molecule has 1 atom stereocenters. The predicted octanol–water partition coefficient (Wildman–Crippen LogP) is 1.12. The summed E-state index contributed by atoms with van der Waals surface area (Å²) in [4.78, 5) is 4.32. The maximum atomic E-state index is 8.92. The first-order chi connectivity index (χ1) is 6.26. The highest BCUT2D eigenvalue weighted by Crippen LogP contribution is 2.22. The van der Waals surface area contributed by atoms with Crippen molar-refractivity contribution in [2.45, 2.75) is 17.3 Å². The van der Waals surface area contributed by atoms with Crippen molar-refractivity contribution < 1.29 is 5.11 Å². The van der Waals surface area contributed by atoms with Gasteiger partial charge < -0.3 is 10.4 Å². The molecule has 0 spiro atoms. The van der Waals surface area contributed by atoms with Crippen LogP contribution in [0, 0.1) is 6.92 Å². The van der Waals surface area contributed by atoms with Gasteiger partial charge in [0.2, 0.25) is 0 Å². The molecule has 0 aliphatic carbocycles. The van der Waals surface area contributed by atoms with E-state index in [1.165, 1.54) is 0 Å². The van der Waals surface area contributed by atoms with Crippen LogP contribution in [0.15, 0.2) is 9.72 Å². The number of aromatic nitrogens is 1. The van der Waals surface area contributed by atoms with Crippen LogP contribution in [0.5, 0.6) is 0 Å². The molecule has 0 aliphatic rings. The van der Waals surface area contributed by atoms with Crippen LogP contribution in [0.4, 0.5) is 0 Å². The summed E-state index contributed by atoms with van der Waals surface area (Å²) >= 11 is 3.34. The summed E-state index contributed by atoms with van der Waals surface area (Å²) in [6.07, 6.45) is 0. The maximum Gasteiger partial charge on any atom is 0.150 e. The van der Waals surface area contributed by atoms with Crippen LogP contribution >= 0.6 is 23.1 Å². The maximum absolute atomic E-state index is 8.92. The van der Waals surface area contributed by atoms with E-state index in [-0.39, 0.29) is 12.6 Å². The van der Waals surface area contributed by atoms with Crippen molar-refractivity contribution in [3.8, 4) is 0 Å². The lowest BCUT2D eigenvalue weighted by atomic mass is 10.4. The molecule has 1 aromatic heterocycles.